The lowest BCUT2D eigenvalue weighted by Crippen LogP contribution is -2.15. The van der Waals surface area contributed by atoms with Gasteiger partial charge in [-0.25, -0.2) is 9.97 Å². The van der Waals surface area contributed by atoms with Crippen LogP contribution in [0.5, 0.6) is 0 Å². The van der Waals surface area contributed by atoms with E-state index in [1.807, 2.05) is 18.3 Å². The summed E-state index contributed by atoms with van der Waals surface area (Å²) in [5.74, 6) is 0.896. The van der Waals surface area contributed by atoms with E-state index in [0.29, 0.717) is 5.95 Å². The van der Waals surface area contributed by atoms with E-state index < -0.39 is 0 Å². The lowest BCUT2D eigenvalue weighted by molar-refractivity contribution is 0.782. The molecule has 0 amide bonds. The third kappa shape index (κ3) is 3.31. The summed E-state index contributed by atoms with van der Waals surface area (Å²) in [5, 5.41) is 4.15. The van der Waals surface area contributed by atoms with E-state index in [2.05, 4.69) is 77.1 Å². The Labute approximate surface area is 186 Å². The van der Waals surface area contributed by atoms with Crippen molar-refractivity contribution in [2.75, 3.05) is 5.32 Å². The quantitative estimate of drug-likeness (QED) is 0.395. The summed E-state index contributed by atoms with van der Waals surface area (Å²) in [7, 11) is 0. The van der Waals surface area contributed by atoms with E-state index in [1.54, 1.807) is 0 Å². The second-order valence-corrected chi connectivity index (χ2v) is 8.54. The van der Waals surface area contributed by atoms with Gasteiger partial charge in [0.15, 0.2) is 0 Å². The molecule has 4 heteroatoms. The Morgan fingerprint density at radius 3 is 2.71 bits per heavy atom. The van der Waals surface area contributed by atoms with Gasteiger partial charge in [0.1, 0.15) is 0 Å². The highest BCUT2D eigenvalue weighted by Gasteiger charge is 2.27. The number of aromatic nitrogens is 2. The Balaban J connectivity index is 1.37. The normalized spacial score (nSPS) is 15.8. The van der Waals surface area contributed by atoms with Crippen molar-refractivity contribution in [3.05, 3.63) is 112 Å². The van der Waals surface area contributed by atoms with Crippen LogP contribution in [0.15, 0.2) is 79.0 Å². The van der Waals surface area contributed by atoms with Crippen LogP contribution >= 0.6 is 11.6 Å². The summed E-state index contributed by atoms with van der Waals surface area (Å²) >= 11 is 6.12. The lowest BCUT2D eigenvalue weighted by atomic mass is 9.78. The number of rotatable bonds is 3. The molecule has 0 fully saturated rings. The number of hydrogen-bond donors (Lipinski definition) is 1. The molecule has 1 aromatic heterocycles. The molecule has 31 heavy (non-hydrogen) atoms. The molecule has 0 radical (unpaired) electrons. The van der Waals surface area contributed by atoms with Crippen LogP contribution in [0.2, 0.25) is 5.02 Å². The van der Waals surface area contributed by atoms with Gasteiger partial charge in [-0.05, 0) is 64.9 Å². The second-order valence-electron chi connectivity index (χ2n) is 8.11. The molecule has 1 heterocycles. The minimum Gasteiger partial charge on any atom is -0.324 e. The minimum absolute atomic E-state index is 0.270. The fourth-order valence-electron chi connectivity index (χ4n) is 4.64. The topological polar surface area (TPSA) is 37.8 Å². The van der Waals surface area contributed by atoms with Gasteiger partial charge in [-0.15, -0.1) is 0 Å². The van der Waals surface area contributed by atoms with E-state index in [-0.39, 0.29) is 5.92 Å². The molecule has 1 unspecified atom stereocenters. The molecule has 0 saturated carbocycles. The van der Waals surface area contributed by atoms with Crippen molar-refractivity contribution in [3.63, 3.8) is 0 Å². The zero-order chi connectivity index (χ0) is 20.8. The highest BCUT2D eigenvalue weighted by molar-refractivity contribution is 6.30. The number of fused-ring (bicyclic) bond motifs is 4. The van der Waals surface area contributed by atoms with Gasteiger partial charge in [-0.1, -0.05) is 66.2 Å². The van der Waals surface area contributed by atoms with Crippen LogP contribution in [0.4, 0.5) is 11.6 Å². The first-order chi connectivity index (χ1) is 15.2. The minimum atomic E-state index is 0.270. The maximum atomic E-state index is 6.12. The van der Waals surface area contributed by atoms with Gasteiger partial charge < -0.3 is 5.32 Å². The van der Waals surface area contributed by atoms with Crippen molar-refractivity contribution in [2.45, 2.75) is 18.8 Å². The monoisotopic (exact) mass is 421 g/mol. The molecule has 2 aliphatic carbocycles. The summed E-state index contributed by atoms with van der Waals surface area (Å²) in [6, 6.07) is 23.1. The van der Waals surface area contributed by atoms with Crippen LogP contribution in [0, 0.1) is 0 Å². The maximum absolute atomic E-state index is 6.12. The van der Waals surface area contributed by atoms with E-state index in [0.717, 1.165) is 29.2 Å². The fraction of sp³-hybridized carbons (Fsp3) is 0.111. The van der Waals surface area contributed by atoms with Crippen molar-refractivity contribution in [1.29, 1.82) is 0 Å². The van der Waals surface area contributed by atoms with Crippen LogP contribution in [0.1, 0.15) is 33.7 Å². The molecule has 0 aliphatic heterocycles. The first-order valence-corrected chi connectivity index (χ1v) is 10.9. The van der Waals surface area contributed by atoms with Crippen molar-refractivity contribution in [3.8, 4) is 11.3 Å². The number of allylic oxidation sites excluding steroid dienone is 1. The predicted octanol–water partition coefficient (Wildman–Crippen LogP) is 6.80. The van der Waals surface area contributed by atoms with Crippen molar-refractivity contribution in [2.24, 2.45) is 0 Å². The average molecular weight is 422 g/mol. The molecule has 150 valence electrons. The molecule has 3 aromatic carbocycles. The third-order valence-corrected chi connectivity index (χ3v) is 6.44. The molecular formula is C27H20ClN3. The Bertz CT molecular complexity index is 1320. The zero-order valence-electron chi connectivity index (χ0n) is 16.8. The van der Waals surface area contributed by atoms with Crippen LogP contribution < -0.4 is 5.32 Å². The predicted molar refractivity (Wildman–Crippen MR) is 127 cm³/mol. The maximum Gasteiger partial charge on any atom is 0.227 e. The van der Waals surface area contributed by atoms with Gasteiger partial charge in [0.25, 0.3) is 0 Å². The standard InChI is InChI=1S/C27H20ClN3/c28-21-11-8-18(9-12-21)25-15-20-16-29-27(31-26(20)24-7-2-1-6-23(24)25)30-22-13-10-17-4-3-5-19(17)14-22/h1-3,5-14,16,25H,4,15H2,(H,29,30,31). The van der Waals surface area contributed by atoms with Crippen molar-refractivity contribution < 1.29 is 0 Å². The fourth-order valence-corrected chi connectivity index (χ4v) is 4.77. The van der Waals surface area contributed by atoms with Gasteiger partial charge in [-0.2, -0.15) is 0 Å². The third-order valence-electron chi connectivity index (χ3n) is 6.19. The molecule has 4 aromatic rings. The number of benzene rings is 3. The number of halogens is 1. The first-order valence-electron chi connectivity index (χ1n) is 10.5. The Morgan fingerprint density at radius 2 is 1.81 bits per heavy atom. The van der Waals surface area contributed by atoms with E-state index >= 15 is 0 Å². The van der Waals surface area contributed by atoms with E-state index in [4.69, 9.17) is 16.6 Å². The van der Waals surface area contributed by atoms with E-state index in [1.165, 1.54) is 33.4 Å². The molecular weight excluding hydrogens is 402 g/mol. The Hall–Kier alpha value is -3.43. The molecule has 2 aliphatic rings. The smallest absolute Gasteiger partial charge is 0.227 e. The molecule has 0 spiro atoms. The Kier molecular flexibility index (Phi) is 4.36. The largest absolute Gasteiger partial charge is 0.324 e. The van der Waals surface area contributed by atoms with E-state index in [9.17, 15) is 0 Å². The summed E-state index contributed by atoms with van der Waals surface area (Å²) in [6.07, 6.45) is 8.21. The number of nitrogens with one attached hydrogen (secondary N) is 1. The van der Waals surface area contributed by atoms with Gasteiger partial charge in [-0.3, -0.25) is 0 Å². The first kappa shape index (κ1) is 18.3. The molecule has 0 bridgehead atoms. The van der Waals surface area contributed by atoms with Crippen molar-refractivity contribution >= 4 is 29.3 Å². The van der Waals surface area contributed by atoms with Gasteiger partial charge in [0.2, 0.25) is 5.95 Å². The SMILES string of the molecule is Clc1ccc(C2Cc3cnc(Nc4ccc5c(c4)C=CC5)nc3-c3ccccc32)cc1. The second kappa shape index (κ2) is 7.36. The lowest BCUT2D eigenvalue weighted by Gasteiger charge is -2.27. The summed E-state index contributed by atoms with van der Waals surface area (Å²) < 4.78 is 0. The Morgan fingerprint density at radius 1 is 0.935 bits per heavy atom. The molecule has 1 N–H and O–H groups in total. The molecule has 3 nitrogen and oxygen atoms in total. The zero-order valence-corrected chi connectivity index (χ0v) is 17.6. The summed E-state index contributed by atoms with van der Waals surface area (Å²) in [4.78, 5) is 9.56. The summed E-state index contributed by atoms with van der Waals surface area (Å²) in [5.41, 5.74) is 9.54. The average Bonchev–Trinajstić information content (AvgIpc) is 3.27. The van der Waals surface area contributed by atoms with Gasteiger partial charge >= 0.3 is 0 Å². The van der Waals surface area contributed by atoms with Crippen LogP contribution in [-0.2, 0) is 12.8 Å². The molecule has 6 rings (SSSR count). The van der Waals surface area contributed by atoms with Gasteiger partial charge in [0, 0.05) is 28.4 Å². The van der Waals surface area contributed by atoms with Crippen LogP contribution in [0.3, 0.4) is 0 Å². The van der Waals surface area contributed by atoms with Crippen LogP contribution in [-0.4, -0.2) is 9.97 Å². The summed E-state index contributed by atoms with van der Waals surface area (Å²) in [6.45, 7) is 0. The number of hydrogen-bond acceptors (Lipinski definition) is 3. The highest BCUT2D eigenvalue weighted by atomic mass is 35.5. The molecule has 0 saturated heterocycles. The van der Waals surface area contributed by atoms with Crippen molar-refractivity contribution in [1.82, 2.24) is 9.97 Å². The number of nitrogens with zero attached hydrogens (tertiary/aromatic N) is 2. The molecule has 1 atom stereocenters. The number of anilines is 2. The van der Waals surface area contributed by atoms with Gasteiger partial charge in [0.05, 0.1) is 5.69 Å². The highest BCUT2D eigenvalue weighted by Crippen LogP contribution is 2.42. The van der Waals surface area contributed by atoms with Crippen LogP contribution in [0.25, 0.3) is 17.3 Å².